The van der Waals surface area contributed by atoms with E-state index >= 15 is 0 Å². The lowest BCUT2D eigenvalue weighted by Crippen LogP contribution is -2.29. The summed E-state index contributed by atoms with van der Waals surface area (Å²) in [6.45, 7) is 7.42. The zero-order valence-corrected chi connectivity index (χ0v) is 15.0. The molecular weight excluding hydrogens is 314 g/mol. The van der Waals surface area contributed by atoms with Crippen molar-refractivity contribution in [1.29, 1.82) is 0 Å². The maximum Gasteiger partial charge on any atom is 0.331 e. The van der Waals surface area contributed by atoms with E-state index in [1.807, 2.05) is 63.2 Å². The Morgan fingerprint density at radius 2 is 1.64 bits per heavy atom. The molecule has 1 N–H and O–H groups in total. The average Bonchev–Trinajstić information content (AvgIpc) is 2.57. The minimum absolute atomic E-state index is 0.356. The molecule has 0 radical (unpaired) electrons. The molecule has 0 aromatic heterocycles. The highest BCUT2D eigenvalue weighted by Crippen LogP contribution is 2.17. The summed E-state index contributed by atoms with van der Waals surface area (Å²) in [4.78, 5) is 24.1. The molecule has 0 saturated heterocycles. The molecule has 0 unspecified atom stereocenters. The lowest BCUT2D eigenvalue weighted by Gasteiger charge is -2.14. The van der Waals surface area contributed by atoms with Gasteiger partial charge in [-0.25, -0.2) is 4.79 Å². The van der Waals surface area contributed by atoms with Gasteiger partial charge in [0.25, 0.3) is 5.91 Å². The van der Waals surface area contributed by atoms with Crippen molar-refractivity contribution >= 4 is 23.6 Å². The Kier molecular flexibility index (Phi) is 6.12. The van der Waals surface area contributed by atoms with E-state index in [-0.39, 0.29) is 5.91 Å². The topological polar surface area (TPSA) is 55.4 Å². The number of aryl methyl sites for hydroxylation is 3. The van der Waals surface area contributed by atoms with Gasteiger partial charge in [-0.15, -0.1) is 0 Å². The van der Waals surface area contributed by atoms with Crippen LogP contribution in [0.5, 0.6) is 0 Å². The second-order valence-corrected chi connectivity index (χ2v) is 6.13. The monoisotopic (exact) mass is 337 g/mol. The van der Waals surface area contributed by atoms with Crippen molar-refractivity contribution in [2.45, 2.75) is 33.8 Å². The van der Waals surface area contributed by atoms with Crippen LogP contribution in [-0.4, -0.2) is 18.0 Å². The second kappa shape index (κ2) is 8.29. The molecule has 25 heavy (non-hydrogen) atoms. The minimum Gasteiger partial charge on any atom is -0.449 e. The Morgan fingerprint density at radius 1 is 1.00 bits per heavy atom. The Morgan fingerprint density at radius 3 is 2.32 bits per heavy atom. The van der Waals surface area contributed by atoms with Gasteiger partial charge in [0.15, 0.2) is 6.10 Å². The Bertz CT molecular complexity index is 791. The number of hydrogen-bond acceptors (Lipinski definition) is 3. The normalized spacial score (nSPS) is 12.0. The van der Waals surface area contributed by atoms with Crippen LogP contribution < -0.4 is 5.32 Å². The highest BCUT2D eigenvalue weighted by Gasteiger charge is 2.17. The highest BCUT2D eigenvalue weighted by molar-refractivity contribution is 5.97. The third kappa shape index (κ3) is 5.60. The van der Waals surface area contributed by atoms with Gasteiger partial charge >= 0.3 is 5.97 Å². The molecule has 0 saturated carbocycles. The van der Waals surface area contributed by atoms with Crippen LogP contribution in [0.1, 0.15) is 29.2 Å². The summed E-state index contributed by atoms with van der Waals surface area (Å²) in [5.74, 6) is -0.907. The van der Waals surface area contributed by atoms with Crippen LogP contribution in [0.2, 0.25) is 0 Å². The summed E-state index contributed by atoms with van der Waals surface area (Å²) in [7, 11) is 0. The first-order chi connectivity index (χ1) is 11.8. The number of nitrogens with one attached hydrogen (secondary N) is 1. The van der Waals surface area contributed by atoms with Gasteiger partial charge in [0.05, 0.1) is 0 Å². The van der Waals surface area contributed by atoms with E-state index in [2.05, 4.69) is 5.32 Å². The van der Waals surface area contributed by atoms with Crippen molar-refractivity contribution in [3.8, 4) is 0 Å². The van der Waals surface area contributed by atoms with Crippen LogP contribution in [0, 0.1) is 20.8 Å². The van der Waals surface area contributed by atoms with Crippen LogP contribution in [0.15, 0.2) is 48.5 Å². The number of esters is 1. The standard InChI is InChI=1S/C21H23NO3/c1-14-6-9-18(10-7-14)11-12-20(23)25-17(4)21(24)22-19-13-15(2)5-8-16(19)3/h5-13,17H,1-4H3,(H,22,24)/b12-11+/t17-/m1/s1. The number of hydrogen-bond donors (Lipinski definition) is 1. The minimum atomic E-state index is -0.880. The molecule has 0 heterocycles. The number of benzene rings is 2. The van der Waals surface area contributed by atoms with Gasteiger partial charge < -0.3 is 10.1 Å². The van der Waals surface area contributed by atoms with E-state index in [9.17, 15) is 9.59 Å². The first-order valence-corrected chi connectivity index (χ1v) is 8.18. The first-order valence-electron chi connectivity index (χ1n) is 8.18. The maximum atomic E-state index is 12.2. The van der Waals surface area contributed by atoms with Gasteiger partial charge in [-0.3, -0.25) is 4.79 Å². The summed E-state index contributed by atoms with van der Waals surface area (Å²) in [6.07, 6.45) is 2.11. The fourth-order valence-corrected chi connectivity index (χ4v) is 2.21. The zero-order valence-electron chi connectivity index (χ0n) is 15.0. The summed E-state index contributed by atoms with van der Waals surface area (Å²) in [5.41, 5.74) is 4.78. The lowest BCUT2D eigenvalue weighted by atomic mass is 10.1. The molecular formula is C21H23NO3. The number of anilines is 1. The SMILES string of the molecule is Cc1ccc(/C=C/C(=O)O[C@H](C)C(=O)Nc2cc(C)ccc2C)cc1. The van der Waals surface area contributed by atoms with Gasteiger partial charge in [-0.1, -0.05) is 42.0 Å². The van der Waals surface area contributed by atoms with Crippen LogP contribution in [0.25, 0.3) is 6.08 Å². The van der Waals surface area contributed by atoms with Crippen molar-refractivity contribution < 1.29 is 14.3 Å². The van der Waals surface area contributed by atoms with E-state index in [0.29, 0.717) is 0 Å². The van der Waals surface area contributed by atoms with Crippen molar-refractivity contribution in [2.75, 3.05) is 5.32 Å². The summed E-state index contributed by atoms with van der Waals surface area (Å²) in [6, 6.07) is 13.6. The largest absolute Gasteiger partial charge is 0.449 e. The quantitative estimate of drug-likeness (QED) is 0.657. The number of carbonyl (C=O) groups excluding carboxylic acids is 2. The molecule has 2 aromatic rings. The predicted molar refractivity (Wildman–Crippen MR) is 100 cm³/mol. The Hall–Kier alpha value is -2.88. The summed E-state index contributed by atoms with van der Waals surface area (Å²) < 4.78 is 5.16. The molecule has 1 amide bonds. The molecule has 4 heteroatoms. The van der Waals surface area contributed by atoms with Crippen molar-refractivity contribution in [1.82, 2.24) is 0 Å². The molecule has 0 spiro atoms. The molecule has 0 fully saturated rings. The molecule has 0 aliphatic heterocycles. The van der Waals surface area contributed by atoms with Gasteiger partial charge in [0, 0.05) is 11.8 Å². The second-order valence-electron chi connectivity index (χ2n) is 6.13. The van der Waals surface area contributed by atoms with Gasteiger partial charge in [0.2, 0.25) is 0 Å². The first kappa shape index (κ1) is 18.5. The van der Waals surface area contributed by atoms with Gasteiger partial charge in [-0.2, -0.15) is 0 Å². The van der Waals surface area contributed by atoms with Gasteiger partial charge in [-0.05, 0) is 56.5 Å². The fourth-order valence-electron chi connectivity index (χ4n) is 2.21. The van der Waals surface area contributed by atoms with E-state index in [4.69, 9.17) is 4.74 Å². The fraction of sp³-hybridized carbons (Fsp3) is 0.238. The molecule has 0 bridgehead atoms. The number of rotatable bonds is 5. The van der Waals surface area contributed by atoms with E-state index in [0.717, 1.165) is 27.9 Å². The Labute approximate surface area is 148 Å². The van der Waals surface area contributed by atoms with Gasteiger partial charge in [0.1, 0.15) is 0 Å². The van der Waals surface area contributed by atoms with E-state index < -0.39 is 12.1 Å². The molecule has 2 rings (SSSR count). The van der Waals surface area contributed by atoms with E-state index in [1.54, 1.807) is 13.0 Å². The smallest absolute Gasteiger partial charge is 0.331 e. The van der Waals surface area contributed by atoms with Crippen LogP contribution >= 0.6 is 0 Å². The van der Waals surface area contributed by atoms with Crippen LogP contribution in [0.4, 0.5) is 5.69 Å². The average molecular weight is 337 g/mol. The number of carbonyl (C=O) groups is 2. The van der Waals surface area contributed by atoms with Crippen LogP contribution in [-0.2, 0) is 14.3 Å². The maximum absolute atomic E-state index is 12.2. The Balaban J connectivity index is 1.92. The van der Waals surface area contributed by atoms with Crippen LogP contribution in [0.3, 0.4) is 0 Å². The lowest BCUT2D eigenvalue weighted by molar-refractivity contribution is -0.148. The molecule has 1 atom stereocenters. The van der Waals surface area contributed by atoms with Crippen molar-refractivity contribution in [3.05, 3.63) is 70.8 Å². The third-order valence-electron chi connectivity index (χ3n) is 3.80. The number of ether oxygens (including phenoxy) is 1. The van der Waals surface area contributed by atoms with Crippen molar-refractivity contribution in [2.24, 2.45) is 0 Å². The zero-order chi connectivity index (χ0) is 18.4. The third-order valence-corrected chi connectivity index (χ3v) is 3.80. The molecule has 0 aliphatic rings. The van der Waals surface area contributed by atoms with E-state index in [1.165, 1.54) is 6.08 Å². The summed E-state index contributed by atoms with van der Waals surface area (Å²) >= 11 is 0. The summed E-state index contributed by atoms with van der Waals surface area (Å²) in [5, 5.41) is 2.80. The molecule has 2 aromatic carbocycles. The molecule has 130 valence electrons. The number of amides is 1. The molecule has 0 aliphatic carbocycles. The predicted octanol–water partition coefficient (Wildman–Crippen LogP) is 4.20. The highest BCUT2D eigenvalue weighted by atomic mass is 16.5. The molecule has 4 nitrogen and oxygen atoms in total. The van der Waals surface area contributed by atoms with Crippen molar-refractivity contribution in [3.63, 3.8) is 0 Å².